The van der Waals surface area contributed by atoms with Crippen molar-refractivity contribution in [2.75, 3.05) is 26.3 Å². The van der Waals surface area contributed by atoms with Gasteiger partial charge in [0.2, 0.25) is 0 Å². The predicted octanol–water partition coefficient (Wildman–Crippen LogP) is 4.29. The molecule has 4 aliphatic carbocycles. The number of morpholine rings is 1. The van der Waals surface area contributed by atoms with E-state index in [0.717, 1.165) is 63.4 Å². The number of rotatable bonds is 2. The topological polar surface area (TPSA) is 92.0 Å². The molecule has 1 saturated heterocycles. The Morgan fingerprint density at radius 3 is 2.58 bits per heavy atom. The zero-order valence-corrected chi connectivity index (χ0v) is 21.8. The van der Waals surface area contributed by atoms with Crippen LogP contribution in [0, 0.1) is 28.6 Å². The first kappa shape index (κ1) is 24.5. The summed E-state index contributed by atoms with van der Waals surface area (Å²) >= 11 is 0. The minimum absolute atomic E-state index is 0.0667. The number of carbonyl (C=O) groups is 1. The minimum Gasteiger partial charge on any atom is -0.431 e. The van der Waals surface area contributed by atoms with E-state index in [1.54, 1.807) is 6.26 Å². The zero-order valence-electron chi connectivity index (χ0n) is 21.8. The van der Waals surface area contributed by atoms with Crippen LogP contribution in [0.4, 0.5) is 4.79 Å². The van der Waals surface area contributed by atoms with Gasteiger partial charge in [-0.25, -0.2) is 9.59 Å². The summed E-state index contributed by atoms with van der Waals surface area (Å²) in [6, 6.07) is 3.74. The standard InChI is InChI=1S/C29H42N2O5/c1-27-10-7-21(30-26(33)31-13-15-35-16-14-31)17-20(27)4-5-24-23(27)8-11-28(2)22(9-12-29(24,28)34)19-3-6-25(32)36-18-19/h3,6,18,20-24,34H,4-5,7-17H2,1-2H3,(H,30,33). The van der Waals surface area contributed by atoms with E-state index in [-0.39, 0.29) is 34.4 Å². The van der Waals surface area contributed by atoms with Gasteiger partial charge in [-0.3, -0.25) is 0 Å². The molecule has 0 spiro atoms. The van der Waals surface area contributed by atoms with Crippen LogP contribution in [0.25, 0.3) is 0 Å². The van der Waals surface area contributed by atoms with Gasteiger partial charge in [-0.2, -0.15) is 0 Å². The lowest BCUT2D eigenvalue weighted by Crippen LogP contribution is -2.62. The van der Waals surface area contributed by atoms with Gasteiger partial charge in [0.15, 0.2) is 0 Å². The van der Waals surface area contributed by atoms with Crippen LogP contribution in [0.5, 0.6) is 0 Å². The van der Waals surface area contributed by atoms with Crippen molar-refractivity contribution in [3.8, 4) is 0 Å². The molecule has 1 aromatic heterocycles. The molecule has 36 heavy (non-hydrogen) atoms. The van der Waals surface area contributed by atoms with Crippen LogP contribution in [0.2, 0.25) is 0 Å². The molecule has 2 amide bonds. The highest BCUT2D eigenvalue weighted by Gasteiger charge is 2.67. The molecule has 5 aliphatic rings. The summed E-state index contributed by atoms with van der Waals surface area (Å²) in [6.07, 6.45) is 10.9. The van der Waals surface area contributed by atoms with Crippen molar-refractivity contribution in [1.29, 1.82) is 0 Å². The number of urea groups is 1. The Kier molecular flexibility index (Phi) is 6.03. The molecule has 4 saturated carbocycles. The number of nitrogens with zero attached hydrogens (tertiary/aromatic N) is 1. The first-order valence-corrected chi connectivity index (χ1v) is 14.2. The summed E-state index contributed by atoms with van der Waals surface area (Å²) in [4.78, 5) is 26.2. The largest absolute Gasteiger partial charge is 0.431 e. The van der Waals surface area contributed by atoms with E-state index in [1.165, 1.54) is 6.07 Å². The molecular weight excluding hydrogens is 456 g/mol. The second kappa shape index (κ2) is 8.87. The molecule has 2 N–H and O–H groups in total. The highest BCUT2D eigenvalue weighted by molar-refractivity contribution is 5.74. The van der Waals surface area contributed by atoms with Crippen LogP contribution in [-0.2, 0) is 4.74 Å². The fourth-order valence-corrected chi connectivity index (χ4v) is 9.49. The molecule has 0 aromatic carbocycles. The van der Waals surface area contributed by atoms with Crippen molar-refractivity contribution in [3.05, 3.63) is 34.4 Å². The summed E-state index contributed by atoms with van der Waals surface area (Å²) in [6.45, 7) is 7.39. The maximum Gasteiger partial charge on any atom is 0.335 e. The number of fused-ring (bicyclic) bond motifs is 5. The molecule has 1 aromatic rings. The lowest BCUT2D eigenvalue weighted by molar-refractivity contribution is -0.201. The zero-order chi connectivity index (χ0) is 25.1. The Labute approximate surface area is 214 Å². The van der Waals surface area contributed by atoms with Crippen molar-refractivity contribution in [2.24, 2.45) is 28.6 Å². The molecule has 5 fully saturated rings. The van der Waals surface area contributed by atoms with Gasteiger partial charge in [-0.05, 0) is 98.5 Å². The number of carbonyl (C=O) groups excluding carboxylic acids is 1. The number of nitrogens with one attached hydrogen (secondary N) is 1. The van der Waals surface area contributed by atoms with Crippen LogP contribution < -0.4 is 10.9 Å². The fourth-order valence-electron chi connectivity index (χ4n) is 9.49. The smallest absolute Gasteiger partial charge is 0.335 e. The molecule has 7 nitrogen and oxygen atoms in total. The van der Waals surface area contributed by atoms with Gasteiger partial charge in [0.1, 0.15) is 0 Å². The Morgan fingerprint density at radius 2 is 1.83 bits per heavy atom. The van der Waals surface area contributed by atoms with Gasteiger partial charge >= 0.3 is 11.7 Å². The lowest BCUT2D eigenvalue weighted by Gasteiger charge is -2.63. The first-order valence-electron chi connectivity index (χ1n) is 14.2. The first-order chi connectivity index (χ1) is 17.2. The Hall–Kier alpha value is -1.86. The average Bonchev–Trinajstić information content (AvgIpc) is 3.16. The number of hydrogen-bond acceptors (Lipinski definition) is 5. The summed E-state index contributed by atoms with van der Waals surface area (Å²) in [5.41, 5.74) is 0.0941. The maximum atomic E-state index is 12.8. The van der Waals surface area contributed by atoms with Gasteiger partial charge in [0.05, 0.1) is 25.1 Å². The van der Waals surface area contributed by atoms with Crippen LogP contribution in [-0.4, -0.2) is 54.0 Å². The van der Waals surface area contributed by atoms with Crippen molar-refractivity contribution in [3.63, 3.8) is 0 Å². The van der Waals surface area contributed by atoms with Gasteiger partial charge in [0, 0.05) is 30.6 Å². The van der Waals surface area contributed by atoms with Crippen LogP contribution in [0.1, 0.15) is 83.1 Å². The summed E-state index contributed by atoms with van der Waals surface area (Å²) in [7, 11) is 0. The number of amides is 2. The minimum atomic E-state index is -0.675. The molecule has 7 heteroatoms. The molecule has 8 unspecified atom stereocenters. The molecule has 2 heterocycles. The fraction of sp³-hybridized carbons (Fsp3) is 0.793. The van der Waals surface area contributed by atoms with Crippen molar-refractivity contribution >= 4 is 6.03 Å². The van der Waals surface area contributed by atoms with Crippen molar-refractivity contribution in [1.82, 2.24) is 10.2 Å². The normalized spacial score (nSPS) is 44.3. The van der Waals surface area contributed by atoms with E-state index in [9.17, 15) is 14.7 Å². The number of aliphatic hydroxyl groups is 1. The van der Waals surface area contributed by atoms with Gasteiger partial charge in [-0.1, -0.05) is 13.8 Å². The van der Waals surface area contributed by atoms with Crippen LogP contribution >= 0.6 is 0 Å². The monoisotopic (exact) mass is 498 g/mol. The lowest BCUT2D eigenvalue weighted by atomic mass is 9.43. The molecule has 6 rings (SSSR count). The number of ether oxygens (including phenoxy) is 1. The SMILES string of the molecule is CC12CCC(NC(=O)N3CCOCC3)CC1CCC1C2CCC2(C)C(c3ccc(=O)oc3)CCC12O. The Balaban J connectivity index is 1.17. The summed E-state index contributed by atoms with van der Waals surface area (Å²) in [5, 5.41) is 15.7. The molecule has 198 valence electrons. The maximum absolute atomic E-state index is 12.8. The predicted molar refractivity (Wildman–Crippen MR) is 136 cm³/mol. The summed E-state index contributed by atoms with van der Waals surface area (Å²) < 4.78 is 10.6. The highest BCUT2D eigenvalue weighted by Crippen LogP contribution is 2.70. The van der Waals surface area contributed by atoms with E-state index in [4.69, 9.17) is 9.15 Å². The highest BCUT2D eigenvalue weighted by atomic mass is 16.5. The van der Waals surface area contributed by atoms with Gasteiger partial charge in [-0.15, -0.1) is 0 Å². The average molecular weight is 499 g/mol. The Bertz CT molecular complexity index is 1030. The Morgan fingerprint density at radius 1 is 1.03 bits per heavy atom. The molecular formula is C29H42N2O5. The van der Waals surface area contributed by atoms with E-state index in [0.29, 0.717) is 44.1 Å². The molecule has 1 aliphatic heterocycles. The van der Waals surface area contributed by atoms with Gasteiger partial charge in [0.25, 0.3) is 0 Å². The third-order valence-electron chi connectivity index (χ3n) is 11.6. The van der Waals surface area contributed by atoms with E-state index < -0.39 is 5.60 Å². The second-order valence-corrected chi connectivity index (χ2v) is 12.9. The second-order valence-electron chi connectivity index (χ2n) is 12.9. The molecule has 8 atom stereocenters. The van der Waals surface area contributed by atoms with E-state index >= 15 is 0 Å². The van der Waals surface area contributed by atoms with Crippen molar-refractivity contribution < 1.29 is 19.1 Å². The number of hydrogen-bond donors (Lipinski definition) is 2. The molecule has 0 bridgehead atoms. The summed E-state index contributed by atoms with van der Waals surface area (Å²) in [5.74, 6) is 1.66. The molecule has 0 radical (unpaired) electrons. The van der Waals surface area contributed by atoms with Crippen LogP contribution in [0.15, 0.2) is 27.6 Å². The van der Waals surface area contributed by atoms with E-state index in [2.05, 4.69) is 19.2 Å². The third kappa shape index (κ3) is 3.67. The van der Waals surface area contributed by atoms with Crippen LogP contribution in [0.3, 0.4) is 0 Å². The quantitative estimate of drug-likeness (QED) is 0.635. The van der Waals surface area contributed by atoms with Crippen molar-refractivity contribution in [2.45, 2.75) is 89.2 Å². The third-order valence-corrected chi connectivity index (χ3v) is 11.6. The van der Waals surface area contributed by atoms with E-state index in [1.807, 2.05) is 11.0 Å². The van der Waals surface area contributed by atoms with Gasteiger partial charge < -0.3 is 24.5 Å².